The highest BCUT2D eigenvalue weighted by molar-refractivity contribution is 5.97. The monoisotopic (exact) mass is 384 g/mol. The van der Waals surface area contributed by atoms with Crippen LogP contribution in [-0.4, -0.2) is 47.1 Å². The zero-order valence-corrected chi connectivity index (χ0v) is 14.5. The number of carboxylic acid groups (broad SMARTS) is 1. The van der Waals surface area contributed by atoms with Gasteiger partial charge in [0.05, 0.1) is 11.8 Å². The molecule has 1 saturated heterocycles. The van der Waals surface area contributed by atoms with E-state index < -0.39 is 43.0 Å². The van der Waals surface area contributed by atoms with Crippen LogP contribution in [0.1, 0.15) is 23.7 Å². The Bertz CT molecular complexity index is 763. The Hall–Kier alpha value is -2.58. The van der Waals surface area contributed by atoms with Crippen molar-refractivity contribution >= 4 is 23.5 Å². The van der Waals surface area contributed by atoms with Gasteiger partial charge in [-0.25, -0.2) is 0 Å². The Morgan fingerprint density at radius 3 is 2.15 bits per heavy atom. The minimum Gasteiger partial charge on any atom is -0.481 e. The van der Waals surface area contributed by atoms with Gasteiger partial charge in [-0.1, -0.05) is 6.92 Å². The van der Waals surface area contributed by atoms with Crippen LogP contribution in [0.15, 0.2) is 24.3 Å². The summed E-state index contributed by atoms with van der Waals surface area (Å²) in [4.78, 5) is 36.4. The quantitative estimate of drug-likeness (QED) is 0.836. The Labute approximate surface area is 153 Å². The van der Waals surface area contributed by atoms with Crippen LogP contribution >= 0.6 is 0 Å². The third kappa shape index (κ3) is 4.06. The van der Waals surface area contributed by atoms with Gasteiger partial charge in [0.2, 0.25) is 5.91 Å². The van der Waals surface area contributed by atoms with Crippen molar-refractivity contribution in [3.8, 4) is 0 Å². The normalized spacial score (nSPS) is 27.3. The van der Waals surface area contributed by atoms with Gasteiger partial charge < -0.3 is 15.3 Å². The minimum absolute atomic E-state index is 0.0110. The number of aliphatic carboxylic acids is 1. The number of nitrogens with one attached hydrogen (secondary N) is 1. The highest BCUT2D eigenvalue weighted by Crippen LogP contribution is 2.39. The van der Waals surface area contributed by atoms with Gasteiger partial charge in [0.15, 0.2) is 0 Å². The van der Waals surface area contributed by atoms with Gasteiger partial charge in [-0.15, -0.1) is 0 Å². The van der Waals surface area contributed by atoms with E-state index in [1.54, 1.807) is 0 Å². The fourth-order valence-electron chi connectivity index (χ4n) is 3.35. The maximum atomic E-state index is 13.0. The van der Waals surface area contributed by atoms with E-state index in [9.17, 15) is 27.6 Å². The summed E-state index contributed by atoms with van der Waals surface area (Å²) in [6.45, 7) is 0.800. The smallest absolute Gasteiger partial charge is 0.394 e. The molecule has 2 fully saturated rings. The number of likely N-dealkylation sites (tertiary alicyclic amines) is 1. The average Bonchev–Trinajstić information content (AvgIpc) is 3.14. The molecule has 27 heavy (non-hydrogen) atoms. The molecule has 1 heterocycles. The molecule has 1 aliphatic heterocycles. The first-order valence-corrected chi connectivity index (χ1v) is 8.57. The molecule has 0 aromatic heterocycles. The largest absolute Gasteiger partial charge is 0.481 e. The van der Waals surface area contributed by atoms with Crippen molar-refractivity contribution in [2.75, 3.05) is 18.4 Å². The number of alkyl halides is 3. The van der Waals surface area contributed by atoms with Crippen molar-refractivity contribution in [3.63, 3.8) is 0 Å². The molecule has 146 valence electrons. The number of rotatable bonds is 4. The second kappa shape index (κ2) is 6.86. The number of halogens is 3. The van der Waals surface area contributed by atoms with Crippen LogP contribution < -0.4 is 5.32 Å². The molecule has 1 aromatic carbocycles. The van der Waals surface area contributed by atoms with E-state index in [-0.39, 0.29) is 17.4 Å². The van der Waals surface area contributed by atoms with Gasteiger partial charge >= 0.3 is 12.1 Å². The number of amides is 2. The number of carboxylic acids is 1. The van der Waals surface area contributed by atoms with Crippen molar-refractivity contribution < 1.29 is 32.7 Å². The van der Waals surface area contributed by atoms with Crippen LogP contribution in [-0.2, 0) is 9.59 Å². The maximum Gasteiger partial charge on any atom is 0.394 e. The summed E-state index contributed by atoms with van der Waals surface area (Å²) in [5.74, 6) is -5.75. The number of nitrogens with zero attached hydrogens (tertiary/aromatic N) is 1. The number of carbonyl (C=O) groups is 3. The third-order valence-corrected chi connectivity index (χ3v) is 5.19. The molecule has 9 heteroatoms. The Balaban J connectivity index is 1.67. The molecule has 0 bridgehead atoms. The number of benzene rings is 1. The summed E-state index contributed by atoms with van der Waals surface area (Å²) >= 11 is 0. The van der Waals surface area contributed by atoms with Gasteiger partial charge in [-0.2, -0.15) is 13.2 Å². The van der Waals surface area contributed by atoms with Gasteiger partial charge in [-0.3, -0.25) is 14.4 Å². The highest BCUT2D eigenvalue weighted by atomic mass is 19.4. The Morgan fingerprint density at radius 2 is 1.70 bits per heavy atom. The van der Waals surface area contributed by atoms with Gasteiger partial charge in [0.25, 0.3) is 5.91 Å². The van der Waals surface area contributed by atoms with E-state index in [1.165, 1.54) is 24.3 Å². The molecule has 2 amide bonds. The molecule has 2 N–H and O–H groups in total. The predicted octanol–water partition coefficient (Wildman–Crippen LogP) is 2.62. The first kappa shape index (κ1) is 19.2. The fraction of sp³-hybridized carbons (Fsp3) is 0.500. The summed E-state index contributed by atoms with van der Waals surface area (Å²) in [6, 6.07) is 5.82. The molecule has 2 unspecified atom stereocenters. The molecule has 1 aromatic rings. The van der Waals surface area contributed by atoms with Crippen molar-refractivity contribution in [1.29, 1.82) is 0 Å². The average molecular weight is 384 g/mol. The van der Waals surface area contributed by atoms with Crippen molar-refractivity contribution in [2.24, 2.45) is 23.7 Å². The van der Waals surface area contributed by atoms with E-state index in [0.717, 1.165) is 11.3 Å². The highest BCUT2D eigenvalue weighted by Gasteiger charge is 2.53. The second-order valence-corrected chi connectivity index (χ2v) is 7.19. The fourth-order valence-corrected chi connectivity index (χ4v) is 3.35. The first-order chi connectivity index (χ1) is 12.6. The summed E-state index contributed by atoms with van der Waals surface area (Å²) in [5.41, 5.74) is 0.633. The van der Waals surface area contributed by atoms with Crippen molar-refractivity contribution in [2.45, 2.75) is 19.5 Å². The van der Waals surface area contributed by atoms with Gasteiger partial charge in [-0.05, 0) is 36.6 Å². The molecule has 0 spiro atoms. The zero-order chi connectivity index (χ0) is 19.9. The van der Waals surface area contributed by atoms with E-state index in [4.69, 9.17) is 5.11 Å². The summed E-state index contributed by atoms with van der Waals surface area (Å²) in [5, 5.41) is 11.8. The first-order valence-electron chi connectivity index (χ1n) is 8.57. The van der Waals surface area contributed by atoms with Crippen molar-refractivity contribution in [3.05, 3.63) is 29.8 Å². The van der Waals surface area contributed by atoms with Crippen LogP contribution in [0.2, 0.25) is 0 Å². The third-order valence-electron chi connectivity index (χ3n) is 5.19. The number of carbonyl (C=O) groups excluding carboxylic acids is 2. The summed E-state index contributed by atoms with van der Waals surface area (Å²) in [7, 11) is 0. The van der Waals surface area contributed by atoms with Crippen LogP contribution in [0.4, 0.5) is 18.9 Å². The van der Waals surface area contributed by atoms with Crippen LogP contribution in [0.25, 0.3) is 0 Å². The van der Waals surface area contributed by atoms with E-state index >= 15 is 0 Å². The van der Waals surface area contributed by atoms with Crippen LogP contribution in [0.3, 0.4) is 0 Å². The van der Waals surface area contributed by atoms with E-state index in [2.05, 4.69) is 5.32 Å². The minimum atomic E-state index is -4.69. The molecule has 1 saturated carbocycles. The standard InChI is InChI=1S/C18H19F3N2O4/c1-9-6-12(9)15(24)22-11-4-2-10(3-5-11)16(25)23-7-13(17(26)27)14(8-23)18(19,20)21/h2-5,9,12-14H,6-8H2,1H3,(H,22,24)(H,26,27)/t9?,12?,13-,14-/m1/s1. The second-order valence-electron chi connectivity index (χ2n) is 7.19. The predicted molar refractivity (Wildman–Crippen MR) is 88.9 cm³/mol. The zero-order valence-electron chi connectivity index (χ0n) is 14.5. The Morgan fingerprint density at radius 1 is 1.11 bits per heavy atom. The molecule has 6 nitrogen and oxygen atoms in total. The van der Waals surface area contributed by atoms with Gasteiger partial charge in [0.1, 0.15) is 0 Å². The van der Waals surface area contributed by atoms with Crippen molar-refractivity contribution in [1.82, 2.24) is 4.90 Å². The van der Waals surface area contributed by atoms with Crippen LogP contribution in [0, 0.1) is 23.7 Å². The molecular formula is C18H19F3N2O4. The topological polar surface area (TPSA) is 86.7 Å². The van der Waals surface area contributed by atoms with E-state index in [1.807, 2.05) is 6.92 Å². The van der Waals surface area contributed by atoms with Crippen LogP contribution in [0.5, 0.6) is 0 Å². The SMILES string of the molecule is CC1CC1C(=O)Nc1ccc(C(=O)N2C[C@@H](C(F)(F)F)[C@H](C(=O)O)C2)cc1. The van der Waals surface area contributed by atoms with Gasteiger partial charge in [0, 0.05) is 30.3 Å². The molecule has 4 atom stereocenters. The lowest BCUT2D eigenvalue weighted by Gasteiger charge is -2.18. The lowest BCUT2D eigenvalue weighted by Crippen LogP contribution is -2.34. The molecule has 1 aliphatic carbocycles. The number of hydrogen-bond donors (Lipinski definition) is 2. The lowest BCUT2D eigenvalue weighted by atomic mass is 9.96. The Kier molecular flexibility index (Phi) is 4.88. The summed E-state index contributed by atoms with van der Waals surface area (Å²) < 4.78 is 39.1. The molecule has 0 radical (unpaired) electrons. The molecule has 2 aliphatic rings. The van der Waals surface area contributed by atoms with E-state index in [0.29, 0.717) is 11.6 Å². The lowest BCUT2D eigenvalue weighted by molar-refractivity contribution is -0.187. The molecule has 3 rings (SSSR count). The number of hydrogen-bond acceptors (Lipinski definition) is 3. The summed E-state index contributed by atoms with van der Waals surface area (Å²) in [6.07, 6.45) is -3.85. The molecular weight excluding hydrogens is 365 g/mol. The number of anilines is 1. The maximum absolute atomic E-state index is 13.0.